The Kier molecular flexibility index (Phi) is 3.54. The smallest absolute Gasteiger partial charge is 0.261 e. The summed E-state index contributed by atoms with van der Waals surface area (Å²) in [5, 5.41) is 14.1. The van der Waals surface area contributed by atoms with Gasteiger partial charge in [0.1, 0.15) is 6.54 Å². The molecular formula is C9H10N8O. The van der Waals surface area contributed by atoms with Crippen LogP contribution in [-0.2, 0) is 11.3 Å². The maximum Gasteiger partial charge on any atom is 0.261 e. The molecule has 0 aliphatic heterocycles. The molecule has 0 radical (unpaired) electrons. The lowest BCUT2D eigenvalue weighted by atomic mass is 10.3. The van der Waals surface area contributed by atoms with E-state index in [0.29, 0.717) is 0 Å². The maximum atomic E-state index is 11.4. The Labute approximate surface area is 102 Å². The van der Waals surface area contributed by atoms with E-state index >= 15 is 0 Å². The lowest BCUT2D eigenvalue weighted by Gasteiger charge is -1.99. The molecule has 1 amide bonds. The molecule has 0 atom stereocenters. The first-order valence-corrected chi connectivity index (χ1v) is 4.99. The van der Waals surface area contributed by atoms with E-state index in [1.54, 1.807) is 18.5 Å². The summed E-state index contributed by atoms with van der Waals surface area (Å²) in [6, 6.07) is 3.58. The second kappa shape index (κ2) is 5.48. The highest BCUT2D eigenvalue weighted by molar-refractivity contribution is 5.81. The van der Waals surface area contributed by atoms with Crippen LogP contribution in [0.3, 0.4) is 0 Å². The van der Waals surface area contributed by atoms with Gasteiger partial charge in [-0.2, -0.15) is 5.10 Å². The Morgan fingerprint density at radius 1 is 1.61 bits per heavy atom. The fourth-order valence-corrected chi connectivity index (χ4v) is 1.13. The number of anilines is 1. The molecule has 92 valence electrons. The SMILES string of the molecule is Nc1nnnn1CC(=O)N/N=C\c1cccnc1. The van der Waals surface area contributed by atoms with E-state index in [2.05, 4.69) is 31.0 Å². The van der Waals surface area contributed by atoms with Crippen LogP contribution in [0.1, 0.15) is 5.56 Å². The first kappa shape index (κ1) is 11.6. The van der Waals surface area contributed by atoms with Gasteiger partial charge in [0.2, 0.25) is 5.95 Å². The van der Waals surface area contributed by atoms with Crippen LogP contribution in [0.5, 0.6) is 0 Å². The molecule has 2 aromatic rings. The number of nitrogens with one attached hydrogen (secondary N) is 1. The largest absolute Gasteiger partial charge is 0.367 e. The van der Waals surface area contributed by atoms with Gasteiger partial charge in [0.05, 0.1) is 6.21 Å². The highest BCUT2D eigenvalue weighted by atomic mass is 16.2. The van der Waals surface area contributed by atoms with Crippen LogP contribution in [0.15, 0.2) is 29.6 Å². The molecule has 2 rings (SSSR count). The molecule has 2 aromatic heterocycles. The first-order valence-electron chi connectivity index (χ1n) is 4.99. The average Bonchev–Trinajstić information content (AvgIpc) is 2.76. The van der Waals surface area contributed by atoms with E-state index in [1.165, 1.54) is 6.21 Å². The van der Waals surface area contributed by atoms with E-state index in [9.17, 15) is 4.79 Å². The quantitative estimate of drug-likeness (QED) is 0.515. The highest BCUT2D eigenvalue weighted by Crippen LogP contribution is 1.92. The summed E-state index contributed by atoms with van der Waals surface area (Å²) in [6.45, 7) is -0.0940. The van der Waals surface area contributed by atoms with Gasteiger partial charge in [0, 0.05) is 18.0 Å². The number of aromatic nitrogens is 5. The van der Waals surface area contributed by atoms with E-state index in [-0.39, 0.29) is 18.4 Å². The van der Waals surface area contributed by atoms with Gasteiger partial charge < -0.3 is 5.73 Å². The van der Waals surface area contributed by atoms with Gasteiger partial charge in [-0.25, -0.2) is 10.1 Å². The summed E-state index contributed by atoms with van der Waals surface area (Å²) in [6.07, 6.45) is 4.75. The van der Waals surface area contributed by atoms with Gasteiger partial charge in [-0.05, 0) is 16.5 Å². The molecule has 18 heavy (non-hydrogen) atoms. The van der Waals surface area contributed by atoms with Gasteiger partial charge in [-0.1, -0.05) is 11.2 Å². The van der Waals surface area contributed by atoms with Crippen molar-refractivity contribution in [3.8, 4) is 0 Å². The number of hydrazone groups is 1. The normalized spacial score (nSPS) is 10.7. The second-order valence-electron chi connectivity index (χ2n) is 3.27. The van der Waals surface area contributed by atoms with Crippen molar-refractivity contribution in [2.24, 2.45) is 5.10 Å². The Morgan fingerprint density at radius 2 is 2.50 bits per heavy atom. The lowest BCUT2D eigenvalue weighted by molar-refractivity contribution is -0.121. The minimum atomic E-state index is -0.380. The Hall–Kier alpha value is -2.84. The van der Waals surface area contributed by atoms with Gasteiger partial charge in [0.15, 0.2) is 0 Å². The van der Waals surface area contributed by atoms with Crippen LogP contribution >= 0.6 is 0 Å². The molecule has 9 heteroatoms. The fourth-order valence-electron chi connectivity index (χ4n) is 1.13. The number of pyridine rings is 1. The van der Waals surface area contributed by atoms with Crippen LogP contribution in [0.4, 0.5) is 5.95 Å². The molecular weight excluding hydrogens is 236 g/mol. The number of nitrogens with zero attached hydrogens (tertiary/aromatic N) is 6. The number of hydrogen-bond acceptors (Lipinski definition) is 7. The zero-order valence-corrected chi connectivity index (χ0v) is 9.26. The molecule has 0 aromatic carbocycles. The van der Waals surface area contributed by atoms with Crippen LogP contribution in [0, 0.1) is 0 Å². The zero-order chi connectivity index (χ0) is 12.8. The standard InChI is InChI=1S/C9H10N8O/c10-9-14-15-16-17(9)6-8(18)13-12-5-7-2-1-3-11-4-7/h1-5H,6H2,(H,13,18)(H2,10,14,16)/b12-5-. The van der Waals surface area contributed by atoms with Crippen LogP contribution in [0.25, 0.3) is 0 Å². The predicted octanol–water partition coefficient (Wildman–Crippen LogP) is -1.20. The summed E-state index contributed by atoms with van der Waals surface area (Å²) in [5.41, 5.74) is 8.51. The number of amides is 1. The first-order chi connectivity index (χ1) is 8.75. The molecule has 0 unspecified atom stereocenters. The zero-order valence-electron chi connectivity index (χ0n) is 9.26. The van der Waals surface area contributed by atoms with Crippen molar-refractivity contribution in [1.82, 2.24) is 30.6 Å². The van der Waals surface area contributed by atoms with E-state index < -0.39 is 0 Å². The third kappa shape index (κ3) is 3.07. The van der Waals surface area contributed by atoms with Crippen LogP contribution < -0.4 is 11.2 Å². The molecule has 0 fully saturated rings. The maximum absolute atomic E-state index is 11.4. The number of hydrogen-bond donors (Lipinski definition) is 2. The Balaban J connectivity index is 1.86. The Morgan fingerprint density at radius 3 is 3.17 bits per heavy atom. The van der Waals surface area contributed by atoms with Crippen molar-refractivity contribution < 1.29 is 4.79 Å². The third-order valence-corrected chi connectivity index (χ3v) is 1.94. The van der Waals surface area contributed by atoms with Crippen LogP contribution in [0.2, 0.25) is 0 Å². The van der Waals surface area contributed by atoms with E-state index in [0.717, 1.165) is 10.2 Å². The summed E-state index contributed by atoms with van der Waals surface area (Å²) in [4.78, 5) is 15.3. The fraction of sp³-hybridized carbons (Fsp3) is 0.111. The molecule has 9 nitrogen and oxygen atoms in total. The van der Waals surface area contributed by atoms with Crippen molar-refractivity contribution in [3.05, 3.63) is 30.1 Å². The number of nitrogen functional groups attached to an aromatic ring is 1. The topological polar surface area (TPSA) is 124 Å². The molecule has 0 aliphatic carbocycles. The molecule has 0 saturated carbocycles. The summed E-state index contributed by atoms with van der Waals surface area (Å²) in [5.74, 6) is -0.310. The summed E-state index contributed by atoms with van der Waals surface area (Å²) in [7, 11) is 0. The second-order valence-corrected chi connectivity index (χ2v) is 3.27. The Bertz CT molecular complexity index is 549. The van der Waals surface area contributed by atoms with Gasteiger partial charge >= 0.3 is 0 Å². The minimum Gasteiger partial charge on any atom is -0.367 e. The van der Waals surface area contributed by atoms with Gasteiger partial charge in [-0.3, -0.25) is 9.78 Å². The molecule has 0 saturated heterocycles. The van der Waals surface area contributed by atoms with E-state index in [4.69, 9.17) is 5.73 Å². The number of carbonyl (C=O) groups excluding carboxylic acids is 1. The molecule has 0 bridgehead atoms. The minimum absolute atomic E-state index is 0.0707. The number of tetrazole rings is 1. The molecule has 0 spiro atoms. The van der Waals surface area contributed by atoms with Gasteiger partial charge in [-0.15, -0.1) is 0 Å². The van der Waals surface area contributed by atoms with Crippen molar-refractivity contribution in [3.63, 3.8) is 0 Å². The van der Waals surface area contributed by atoms with Crippen LogP contribution in [-0.4, -0.2) is 37.3 Å². The summed E-state index contributed by atoms with van der Waals surface area (Å²) >= 11 is 0. The van der Waals surface area contributed by atoms with Crippen molar-refractivity contribution in [2.45, 2.75) is 6.54 Å². The third-order valence-electron chi connectivity index (χ3n) is 1.94. The monoisotopic (exact) mass is 246 g/mol. The highest BCUT2D eigenvalue weighted by Gasteiger charge is 2.06. The van der Waals surface area contributed by atoms with Crippen molar-refractivity contribution >= 4 is 18.1 Å². The molecule has 2 heterocycles. The number of carbonyl (C=O) groups is 1. The molecule has 0 aliphatic rings. The number of nitrogens with two attached hydrogens (primary N) is 1. The average molecular weight is 246 g/mol. The van der Waals surface area contributed by atoms with E-state index in [1.807, 2.05) is 6.07 Å². The van der Waals surface area contributed by atoms with Crippen molar-refractivity contribution in [1.29, 1.82) is 0 Å². The predicted molar refractivity (Wildman–Crippen MR) is 62.2 cm³/mol. The number of rotatable bonds is 4. The molecule has 3 N–H and O–H groups in total. The summed E-state index contributed by atoms with van der Waals surface area (Å²) < 4.78 is 1.16. The lowest BCUT2D eigenvalue weighted by Crippen LogP contribution is -2.24. The van der Waals surface area contributed by atoms with Gasteiger partial charge in [0.25, 0.3) is 5.91 Å². The van der Waals surface area contributed by atoms with Crippen molar-refractivity contribution in [2.75, 3.05) is 5.73 Å².